The van der Waals surface area contributed by atoms with Crippen LogP contribution in [-0.2, 0) is 6.42 Å². The molecule has 26 heavy (non-hydrogen) atoms. The van der Waals surface area contributed by atoms with Gasteiger partial charge in [0.1, 0.15) is 29.0 Å². The first-order valence-corrected chi connectivity index (χ1v) is 8.38. The molecule has 0 aliphatic carbocycles. The van der Waals surface area contributed by atoms with Crippen molar-refractivity contribution in [1.82, 2.24) is 9.97 Å². The monoisotopic (exact) mass is 352 g/mol. The largest absolute Gasteiger partial charge is 0.497 e. The molecule has 3 rings (SSSR count). The highest BCUT2D eigenvalue weighted by Crippen LogP contribution is 2.21. The second-order valence-corrected chi connectivity index (χ2v) is 5.81. The van der Waals surface area contributed by atoms with Crippen molar-refractivity contribution >= 4 is 17.3 Å². The van der Waals surface area contributed by atoms with E-state index in [1.54, 1.807) is 19.2 Å². The fourth-order valence-corrected chi connectivity index (χ4v) is 2.60. The Kier molecular flexibility index (Phi) is 5.63. The number of nitrogens with zero attached hydrogens (tertiary/aromatic N) is 2. The van der Waals surface area contributed by atoms with Gasteiger partial charge in [0.05, 0.1) is 7.11 Å². The van der Waals surface area contributed by atoms with Crippen LogP contribution in [0.3, 0.4) is 0 Å². The number of aromatic nitrogens is 2. The Morgan fingerprint density at radius 3 is 2.62 bits per heavy atom. The molecule has 5 nitrogen and oxygen atoms in total. The van der Waals surface area contributed by atoms with Gasteiger partial charge in [0.2, 0.25) is 0 Å². The summed E-state index contributed by atoms with van der Waals surface area (Å²) in [4.78, 5) is 8.78. The molecule has 0 saturated heterocycles. The molecule has 0 saturated carbocycles. The molecule has 0 aliphatic heterocycles. The van der Waals surface area contributed by atoms with E-state index in [9.17, 15) is 4.39 Å². The maximum atomic E-state index is 13.7. The fraction of sp³-hybridized carbons (Fsp3) is 0.200. The summed E-state index contributed by atoms with van der Waals surface area (Å²) in [6, 6.07) is 16.2. The second-order valence-electron chi connectivity index (χ2n) is 5.81. The van der Waals surface area contributed by atoms with Gasteiger partial charge < -0.3 is 15.4 Å². The Morgan fingerprint density at radius 2 is 1.81 bits per heavy atom. The highest BCUT2D eigenvalue weighted by Gasteiger charge is 2.05. The number of nitrogens with one attached hydrogen (secondary N) is 2. The van der Waals surface area contributed by atoms with Crippen LogP contribution in [0.15, 0.2) is 54.6 Å². The summed E-state index contributed by atoms with van der Waals surface area (Å²) in [5, 5.41) is 6.47. The van der Waals surface area contributed by atoms with Gasteiger partial charge in [-0.1, -0.05) is 24.3 Å². The lowest BCUT2D eigenvalue weighted by Gasteiger charge is -2.11. The molecule has 2 N–H and O–H groups in total. The molecule has 2 aromatic carbocycles. The number of ether oxygens (including phenoxy) is 1. The molecule has 6 heteroatoms. The van der Waals surface area contributed by atoms with Crippen LogP contribution in [0.5, 0.6) is 5.75 Å². The van der Waals surface area contributed by atoms with Crippen molar-refractivity contribution in [1.29, 1.82) is 0 Å². The summed E-state index contributed by atoms with van der Waals surface area (Å²) in [7, 11) is 1.63. The molecule has 0 bridgehead atoms. The molecular formula is C20H21FN4O. The molecule has 0 spiro atoms. The van der Waals surface area contributed by atoms with Gasteiger partial charge in [0.15, 0.2) is 0 Å². The zero-order chi connectivity index (χ0) is 18.4. The van der Waals surface area contributed by atoms with E-state index in [0.717, 1.165) is 11.4 Å². The summed E-state index contributed by atoms with van der Waals surface area (Å²) >= 11 is 0. The maximum absolute atomic E-state index is 13.7. The molecule has 0 amide bonds. The first-order chi connectivity index (χ1) is 12.6. The van der Waals surface area contributed by atoms with E-state index in [1.807, 2.05) is 43.3 Å². The normalized spacial score (nSPS) is 10.4. The van der Waals surface area contributed by atoms with E-state index < -0.39 is 0 Å². The maximum Gasteiger partial charge on any atom is 0.136 e. The third-order valence-electron chi connectivity index (χ3n) is 3.84. The highest BCUT2D eigenvalue weighted by molar-refractivity contribution is 5.60. The van der Waals surface area contributed by atoms with Crippen LogP contribution in [0.25, 0.3) is 0 Å². The number of anilines is 3. The molecule has 1 heterocycles. The summed E-state index contributed by atoms with van der Waals surface area (Å²) in [5.74, 6) is 2.60. The molecule has 3 aromatic rings. The average molecular weight is 352 g/mol. The smallest absolute Gasteiger partial charge is 0.136 e. The van der Waals surface area contributed by atoms with Crippen molar-refractivity contribution < 1.29 is 9.13 Å². The van der Waals surface area contributed by atoms with Crippen LogP contribution in [0, 0.1) is 12.7 Å². The minimum atomic E-state index is -0.187. The second kappa shape index (κ2) is 8.29. The van der Waals surface area contributed by atoms with Gasteiger partial charge in [-0.15, -0.1) is 0 Å². The van der Waals surface area contributed by atoms with Gasteiger partial charge in [0, 0.05) is 24.4 Å². The minimum Gasteiger partial charge on any atom is -0.497 e. The molecule has 1 aromatic heterocycles. The number of hydrogen-bond acceptors (Lipinski definition) is 5. The zero-order valence-electron chi connectivity index (χ0n) is 14.8. The van der Waals surface area contributed by atoms with E-state index in [2.05, 4.69) is 20.6 Å². The van der Waals surface area contributed by atoms with Gasteiger partial charge in [-0.2, -0.15) is 0 Å². The molecular weight excluding hydrogens is 331 g/mol. The Hall–Kier alpha value is -3.15. The van der Waals surface area contributed by atoms with E-state index in [1.165, 1.54) is 6.07 Å². The number of halogens is 1. The quantitative estimate of drug-likeness (QED) is 0.663. The third-order valence-corrected chi connectivity index (χ3v) is 3.84. The van der Waals surface area contributed by atoms with Crippen molar-refractivity contribution in [2.24, 2.45) is 0 Å². The number of aryl methyl sites for hydroxylation is 1. The summed E-state index contributed by atoms with van der Waals surface area (Å²) < 4.78 is 18.9. The average Bonchev–Trinajstić information content (AvgIpc) is 2.63. The molecule has 0 atom stereocenters. The zero-order valence-corrected chi connectivity index (χ0v) is 14.8. The van der Waals surface area contributed by atoms with Gasteiger partial charge in [-0.05, 0) is 37.1 Å². The van der Waals surface area contributed by atoms with Crippen molar-refractivity contribution in [2.75, 3.05) is 24.3 Å². The Labute approximate surface area is 152 Å². The number of rotatable bonds is 7. The van der Waals surface area contributed by atoms with Gasteiger partial charge >= 0.3 is 0 Å². The Bertz CT molecular complexity index is 885. The third kappa shape index (κ3) is 4.69. The topological polar surface area (TPSA) is 59.1 Å². The van der Waals surface area contributed by atoms with Crippen LogP contribution in [0.4, 0.5) is 21.7 Å². The van der Waals surface area contributed by atoms with Crippen LogP contribution in [0.2, 0.25) is 0 Å². The predicted octanol–water partition coefficient (Wildman–Crippen LogP) is 4.33. The summed E-state index contributed by atoms with van der Waals surface area (Å²) in [6.07, 6.45) is 0.578. The van der Waals surface area contributed by atoms with Gasteiger partial charge in [0.25, 0.3) is 0 Å². The van der Waals surface area contributed by atoms with E-state index in [4.69, 9.17) is 4.74 Å². The number of methoxy groups -OCH3 is 1. The van der Waals surface area contributed by atoms with E-state index >= 15 is 0 Å². The Morgan fingerprint density at radius 1 is 1.00 bits per heavy atom. The molecule has 0 unspecified atom stereocenters. The Balaban J connectivity index is 1.66. The van der Waals surface area contributed by atoms with E-state index in [-0.39, 0.29) is 5.82 Å². The standard InChI is InChI=1S/C20H21FN4O/c1-14-23-19(22-11-10-15-6-3-4-9-18(15)21)13-20(24-14)25-16-7-5-8-17(12-16)26-2/h3-9,12-13H,10-11H2,1-2H3,(H2,22,23,24,25). The summed E-state index contributed by atoms with van der Waals surface area (Å²) in [6.45, 7) is 2.41. The van der Waals surface area contributed by atoms with Crippen molar-refractivity contribution in [3.63, 3.8) is 0 Å². The number of benzene rings is 2. The van der Waals surface area contributed by atoms with Crippen molar-refractivity contribution in [3.05, 3.63) is 71.8 Å². The fourth-order valence-electron chi connectivity index (χ4n) is 2.60. The van der Waals surface area contributed by atoms with Crippen LogP contribution < -0.4 is 15.4 Å². The van der Waals surface area contributed by atoms with Gasteiger partial charge in [-0.3, -0.25) is 0 Å². The van der Waals surface area contributed by atoms with Gasteiger partial charge in [-0.25, -0.2) is 14.4 Å². The SMILES string of the molecule is COc1cccc(Nc2cc(NCCc3ccccc3F)nc(C)n2)c1. The van der Waals surface area contributed by atoms with Crippen LogP contribution in [-0.4, -0.2) is 23.6 Å². The molecule has 0 fully saturated rings. The minimum absolute atomic E-state index is 0.187. The lowest BCUT2D eigenvalue weighted by atomic mass is 10.1. The van der Waals surface area contributed by atoms with Crippen molar-refractivity contribution in [3.8, 4) is 5.75 Å². The predicted molar refractivity (Wildman–Crippen MR) is 102 cm³/mol. The highest BCUT2D eigenvalue weighted by atomic mass is 19.1. The summed E-state index contributed by atoms with van der Waals surface area (Å²) in [5.41, 5.74) is 1.56. The van der Waals surface area contributed by atoms with Crippen molar-refractivity contribution in [2.45, 2.75) is 13.3 Å². The lowest BCUT2D eigenvalue weighted by molar-refractivity contribution is 0.415. The number of hydrogen-bond donors (Lipinski definition) is 2. The van der Waals surface area contributed by atoms with Crippen LogP contribution >= 0.6 is 0 Å². The molecule has 0 aliphatic rings. The molecule has 0 radical (unpaired) electrons. The first kappa shape index (κ1) is 17.7. The lowest BCUT2D eigenvalue weighted by Crippen LogP contribution is -2.09. The first-order valence-electron chi connectivity index (χ1n) is 8.38. The van der Waals surface area contributed by atoms with E-state index in [0.29, 0.717) is 36.0 Å². The van der Waals surface area contributed by atoms with Crippen LogP contribution in [0.1, 0.15) is 11.4 Å². The molecule has 134 valence electrons.